The van der Waals surface area contributed by atoms with Crippen LogP contribution in [-0.2, 0) is 24.8 Å². The van der Waals surface area contributed by atoms with E-state index in [4.69, 9.17) is 19.4 Å². The number of aliphatic hydroxyl groups is 1. The number of alkyl carbamates (subject to hydrolysis) is 1. The molecule has 1 unspecified atom stereocenters. The highest BCUT2D eigenvalue weighted by atomic mass is 19.1. The van der Waals surface area contributed by atoms with Crippen LogP contribution in [0.4, 0.5) is 13.6 Å². The third kappa shape index (κ3) is 6.31. The first-order valence-corrected chi connectivity index (χ1v) is 15.2. The van der Waals surface area contributed by atoms with Gasteiger partial charge in [-0.1, -0.05) is 12.1 Å². The van der Waals surface area contributed by atoms with Crippen LogP contribution in [0.15, 0.2) is 30.3 Å². The first-order valence-electron chi connectivity index (χ1n) is 15.2. The van der Waals surface area contributed by atoms with Crippen molar-refractivity contribution in [2.45, 2.75) is 64.6 Å². The number of nitrogens with one attached hydrogen (secondary N) is 1. The number of rotatable bonds is 10. The van der Waals surface area contributed by atoms with Gasteiger partial charge in [-0.05, 0) is 57.7 Å². The van der Waals surface area contributed by atoms with Gasteiger partial charge in [0.05, 0.1) is 28.5 Å². The van der Waals surface area contributed by atoms with Gasteiger partial charge < -0.3 is 33.9 Å². The Morgan fingerprint density at radius 1 is 1.22 bits per heavy atom. The number of hydrogen-bond donors (Lipinski definition) is 2. The summed E-state index contributed by atoms with van der Waals surface area (Å²) in [5.41, 5.74) is 2.95. The molecule has 240 valence electrons. The Morgan fingerprint density at radius 2 is 2.00 bits per heavy atom. The van der Waals surface area contributed by atoms with Crippen molar-refractivity contribution in [2.75, 3.05) is 26.4 Å². The molecule has 4 aromatic rings. The standard InChI is InChI=1S/C32H38F2N6O5/c1-32(2,3)45-31(43)35-20(14-33)16-39-11-10-22-21(30(39)42)13-23-28(36-22)38(4)29(37-23)24-12-19-6-5-7-25(44-26(34)17-41)27(19)40(24)15-18-8-9-18/h5-7,12-13,18,20,26,41H,8-11,14-17H2,1-4H3,(H,35,43)/t20-,26?/m1/s1. The van der Waals surface area contributed by atoms with Crippen molar-refractivity contribution in [3.63, 3.8) is 0 Å². The molecule has 1 aliphatic heterocycles. The summed E-state index contributed by atoms with van der Waals surface area (Å²) in [7, 11) is 1.87. The van der Waals surface area contributed by atoms with Crippen molar-refractivity contribution >= 4 is 34.1 Å². The number of alkyl halides is 2. The van der Waals surface area contributed by atoms with E-state index in [1.54, 1.807) is 39.0 Å². The Kier molecular flexibility index (Phi) is 8.14. The quantitative estimate of drug-likeness (QED) is 0.266. The third-order valence-electron chi connectivity index (χ3n) is 8.06. The van der Waals surface area contributed by atoms with Crippen LogP contribution in [0.25, 0.3) is 33.6 Å². The first kappa shape index (κ1) is 30.8. The molecule has 3 aromatic heterocycles. The summed E-state index contributed by atoms with van der Waals surface area (Å²) in [4.78, 5) is 37.0. The number of halogens is 2. The van der Waals surface area contributed by atoms with E-state index in [2.05, 4.69) is 9.88 Å². The second-order valence-electron chi connectivity index (χ2n) is 12.8. The van der Waals surface area contributed by atoms with Crippen LogP contribution in [0.5, 0.6) is 5.75 Å². The zero-order valence-electron chi connectivity index (χ0n) is 25.8. The highest BCUT2D eigenvalue weighted by Gasteiger charge is 2.31. The zero-order valence-corrected chi connectivity index (χ0v) is 25.8. The molecule has 1 saturated carbocycles. The summed E-state index contributed by atoms with van der Waals surface area (Å²) in [5.74, 6) is 1.14. The predicted octanol–water partition coefficient (Wildman–Crippen LogP) is 4.53. The van der Waals surface area contributed by atoms with Crippen LogP contribution >= 0.6 is 0 Å². The molecule has 11 nitrogen and oxygen atoms in total. The van der Waals surface area contributed by atoms with Gasteiger partial charge in [-0.3, -0.25) is 4.79 Å². The highest BCUT2D eigenvalue weighted by molar-refractivity contribution is 5.99. The third-order valence-corrected chi connectivity index (χ3v) is 8.06. The number of aryl methyl sites for hydroxylation is 1. The van der Waals surface area contributed by atoms with Gasteiger partial charge in [0.25, 0.3) is 12.3 Å². The minimum absolute atomic E-state index is 0.0127. The fourth-order valence-electron chi connectivity index (χ4n) is 5.81. The number of para-hydroxylation sites is 1. The Hall–Kier alpha value is -4.26. The maximum Gasteiger partial charge on any atom is 0.408 e. The number of fused-ring (bicyclic) bond motifs is 3. The second-order valence-corrected chi connectivity index (χ2v) is 12.8. The summed E-state index contributed by atoms with van der Waals surface area (Å²) >= 11 is 0. The number of carbonyl (C=O) groups excluding carboxylic acids is 2. The van der Waals surface area contributed by atoms with Gasteiger partial charge in [0.1, 0.15) is 30.1 Å². The van der Waals surface area contributed by atoms with Crippen molar-refractivity contribution in [3.8, 4) is 17.3 Å². The number of aliphatic hydroxyl groups excluding tert-OH is 1. The van der Waals surface area contributed by atoms with Crippen LogP contribution in [0.2, 0.25) is 0 Å². The number of ether oxygens (including phenoxy) is 2. The lowest BCUT2D eigenvalue weighted by atomic mass is 10.0. The molecule has 2 aliphatic rings. The minimum atomic E-state index is -1.85. The molecule has 13 heteroatoms. The monoisotopic (exact) mass is 624 g/mol. The van der Waals surface area contributed by atoms with Gasteiger partial charge in [-0.25, -0.2) is 19.2 Å². The maximum absolute atomic E-state index is 14.1. The van der Waals surface area contributed by atoms with Gasteiger partial charge in [0.15, 0.2) is 11.5 Å². The smallest absolute Gasteiger partial charge is 0.408 e. The fourth-order valence-corrected chi connectivity index (χ4v) is 5.81. The molecular weight excluding hydrogens is 586 g/mol. The lowest BCUT2D eigenvalue weighted by Gasteiger charge is -2.31. The molecule has 2 atom stereocenters. The van der Waals surface area contributed by atoms with Crippen molar-refractivity contribution in [1.82, 2.24) is 29.3 Å². The Morgan fingerprint density at radius 3 is 2.69 bits per heavy atom. The molecule has 0 bridgehead atoms. The second kappa shape index (κ2) is 11.9. The van der Waals surface area contributed by atoms with Crippen molar-refractivity contribution in [3.05, 3.63) is 41.6 Å². The molecule has 4 heterocycles. The average Bonchev–Trinajstić information content (AvgIpc) is 3.66. The summed E-state index contributed by atoms with van der Waals surface area (Å²) in [6, 6.07) is 8.19. The van der Waals surface area contributed by atoms with Crippen LogP contribution in [0, 0.1) is 5.92 Å². The van der Waals surface area contributed by atoms with Crippen molar-refractivity contribution < 1.29 is 33.0 Å². The average molecular weight is 625 g/mol. The van der Waals surface area contributed by atoms with E-state index < -0.39 is 37.4 Å². The number of aromatic nitrogens is 4. The number of pyridine rings is 1. The van der Waals surface area contributed by atoms with Gasteiger partial charge in [-0.2, -0.15) is 4.39 Å². The van der Waals surface area contributed by atoms with E-state index in [1.807, 2.05) is 23.7 Å². The van der Waals surface area contributed by atoms with E-state index in [0.29, 0.717) is 59.4 Å². The lowest BCUT2D eigenvalue weighted by molar-refractivity contribution is 0.0145. The molecule has 1 fully saturated rings. The fraction of sp³-hybridized carbons (Fsp3) is 0.500. The van der Waals surface area contributed by atoms with Gasteiger partial charge in [0, 0.05) is 38.5 Å². The summed E-state index contributed by atoms with van der Waals surface area (Å²) in [6.07, 6.45) is 0.0588. The lowest BCUT2D eigenvalue weighted by Crippen LogP contribution is -2.50. The first-order chi connectivity index (χ1) is 21.5. The van der Waals surface area contributed by atoms with Crippen LogP contribution < -0.4 is 10.1 Å². The summed E-state index contributed by atoms with van der Waals surface area (Å²) in [5, 5.41) is 12.6. The van der Waals surface area contributed by atoms with Crippen molar-refractivity contribution in [1.29, 1.82) is 0 Å². The summed E-state index contributed by atoms with van der Waals surface area (Å²) < 4.78 is 42.7. The molecule has 1 aromatic carbocycles. The van der Waals surface area contributed by atoms with E-state index in [9.17, 15) is 23.5 Å². The SMILES string of the molecule is Cn1c(-c2cc3cccc(OC(F)CO)c3n2CC2CC2)nc2cc3c(nc21)CCN(C[C@@H](CF)NC(=O)OC(C)(C)C)C3=O. The molecule has 1 aliphatic carbocycles. The molecule has 0 saturated heterocycles. The Balaban J connectivity index is 1.32. The van der Waals surface area contributed by atoms with E-state index >= 15 is 0 Å². The normalized spacial score (nSPS) is 16.6. The topological polar surface area (TPSA) is 124 Å². The molecule has 45 heavy (non-hydrogen) atoms. The summed E-state index contributed by atoms with van der Waals surface area (Å²) in [6.45, 7) is 4.56. The molecule has 2 N–H and O–H groups in total. The van der Waals surface area contributed by atoms with Gasteiger partial charge >= 0.3 is 6.09 Å². The molecule has 6 rings (SSSR count). The molecule has 0 spiro atoms. The molecule has 2 amide bonds. The number of benzene rings is 1. The Labute approximate surface area is 259 Å². The van der Waals surface area contributed by atoms with E-state index in [-0.39, 0.29) is 12.5 Å². The largest absolute Gasteiger partial charge is 0.456 e. The van der Waals surface area contributed by atoms with Crippen LogP contribution in [0.1, 0.15) is 49.7 Å². The predicted molar refractivity (Wildman–Crippen MR) is 164 cm³/mol. The maximum atomic E-state index is 14.1. The number of hydrogen-bond acceptors (Lipinski definition) is 7. The van der Waals surface area contributed by atoms with Crippen LogP contribution in [0.3, 0.4) is 0 Å². The number of imidazole rings is 1. The number of carbonyl (C=O) groups is 2. The van der Waals surface area contributed by atoms with Gasteiger partial charge in [-0.15, -0.1) is 0 Å². The number of amides is 2. The Bertz CT molecular complexity index is 1760. The minimum Gasteiger partial charge on any atom is -0.456 e. The van der Waals surface area contributed by atoms with Crippen LogP contribution in [-0.4, -0.2) is 85.5 Å². The molecule has 0 radical (unpaired) electrons. The highest BCUT2D eigenvalue weighted by Crippen LogP contribution is 2.39. The van der Waals surface area contributed by atoms with Crippen molar-refractivity contribution in [2.24, 2.45) is 13.0 Å². The molecular formula is C32H38F2N6O5. The number of nitrogens with zero attached hydrogens (tertiary/aromatic N) is 5. The van der Waals surface area contributed by atoms with Gasteiger partial charge in [0.2, 0.25) is 0 Å². The van der Waals surface area contributed by atoms with E-state index in [0.717, 1.165) is 29.4 Å². The zero-order chi connectivity index (χ0) is 32.0. The van der Waals surface area contributed by atoms with E-state index in [1.165, 1.54) is 4.90 Å².